The van der Waals surface area contributed by atoms with Gasteiger partial charge in [0.15, 0.2) is 0 Å². The molecule has 1 atom stereocenters. The van der Waals surface area contributed by atoms with Gasteiger partial charge in [0, 0.05) is 144 Å². The summed E-state index contributed by atoms with van der Waals surface area (Å²) in [6.45, 7) is 11.0. The molecule has 11 rings (SSSR count). The van der Waals surface area contributed by atoms with Crippen molar-refractivity contribution in [1.82, 2.24) is 29.4 Å². The van der Waals surface area contributed by atoms with E-state index in [1.54, 1.807) is 38.7 Å². The lowest BCUT2D eigenvalue weighted by Crippen LogP contribution is -2.60. The number of halogens is 2. The van der Waals surface area contributed by atoms with Gasteiger partial charge in [0.2, 0.25) is 10.0 Å². The second kappa shape index (κ2) is 25.4. The van der Waals surface area contributed by atoms with E-state index in [0.29, 0.717) is 42.1 Å². The minimum Gasteiger partial charge on any atom is -0.497 e. The Morgan fingerprint density at radius 3 is 2.36 bits per heavy atom. The third kappa shape index (κ3) is 13.6. The Morgan fingerprint density at radius 1 is 0.859 bits per heavy atom. The largest absolute Gasteiger partial charge is 0.497 e. The number of aromatic nitrogens is 2. The molecular weight excluding hydrogens is 1100 g/mol. The standard InChI is InChI=1S/C65H77F2N9O8S/c1-44(2)54-8-6-7-9-55(54)60-42-73(40-46-12-10-45(11-13-46)39-72(3)41-48-14-15-51(81-4)32-61(48)82-5)26-27-75(60)50-35-64(36-50)19-24-74(25-20-64)58-34-62(84-52-30-47-18-23-68-63(47)69-38-52)49(31-56(58)66)37-71-85(79,80)53-16-17-57(59(33-53)76(77)78)70-43-65(67)21-28-83-29-22-65/h6-18,23,30-34,38,44,50,60,70-71H,19-22,24-29,35-37,39-43H2,1-5H3,(H,68,69)/t60-/m0/s1. The summed E-state index contributed by atoms with van der Waals surface area (Å²) >= 11 is 0. The number of nitro groups is 1. The maximum atomic E-state index is 16.7. The fourth-order valence-corrected chi connectivity index (χ4v) is 14.1. The number of benzene rings is 5. The molecule has 3 aliphatic heterocycles. The number of hydrogen-bond donors (Lipinski definition) is 3. The van der Waals surface area contributed by atoms with E-state index in [4.69, 9.17) is 18.9 Å². The van der Waals surface area contributed by atoms with Crippen molar-refractivity contribution in [3.05, 3.63) is 171 Å². The number of nitro benzene ring substituents is 1. The van der Waals surface area contributed by atoms with Gasteiger partial charge in [-0.3, -0.25) is 24.8 Å². The van der Waals surface area contributed by atoms with Crippen LogP contribution in [0.15, 0.2) is 126 Å². The van der Waals surface area contributed by atoms with Crippen molar-refractivity contribution in [3.63, 3.8) is 0 Å². The van der Waals surface area contributed by atoms with Crippen LogP contribution in [-0.4, -0.2) is 123 Å². The van der Waals surface area contributed by atoms with Crippen molar-refractivity contribution >= 4 is 38.1 Å². The number of alkyl halides is 1. The monoisotopic (exact) mass is 1180 g/mol. The summed E-state index contributed by atoms with van der Waals surface area (Å²) in [6.07, 6.45) is 7.51. The van der Waals surface area contributed by atoms with E-state index in [-0.39, 0.29) is 66.0 Å². The van der Waals surface area contributed by atoms with Crippen LogP contribution in [0.1, 0.15) is 97.7 Å². The Bertz CT molecular complexity index is 3600. The fraction of sp³-hybridized carbons (Fsp3) is 0.431. The van der Waals surface area contributed by atoms with Crippen LogP contribution in [0.3, 0.4) is 0 Å². The molecule has 1 aliphatic carbocycles. The topological polar surface area (TPSA) is 180 Å². The van der Waals surface area contributed by atoms with E-state index < -0.39 is 38.7 Å². The molecule has 1 spiro atoms. The van der Waals surface area contributed by atoms with Crippen LogP contribution in [-0.2, 0) is 40.9 Å². The number of nitrogens with one attached hydrogen (secondary N) is 3. The highest BCUT2D eigenvalue weighted by Gasteiger charge is 2.50. The fourth-order valence-electron chi connectivity index (χ4n) is 13.1. The molecule has 450 valence electrons. The Kier molecular flexibility index (Phi) is 17.8. The third-order valence-corrected chi connectivity index (χ3v) is 19.3. The predicted molar refractivity (Wildman–Crippen MR) is 325 cm³/mol. The van der Waals surface area contributed by atoms with Gasteiger partial charge in [0.25, 0.3) is 5.69 Å². The number of ether oxygens (including phenoxy) is 4. The van der Waals surface area contributed by atoms with E-state index >= 15 is 8.78 Å². The molecule has 4 fully saturated rings. The van der Waals surface area contributed by atoms with Crippen LogP contribution in [0, 0.1) is 21.3 Å². The highest BCUT2D eigenvalue weighted by Crippen LogP contribution is 2.54. The summed E-state index contributed by atoms with van der Waals surface area (Å²) < 4.78 is 85.1. The number of H-pyrrole nitrogens is 1. The van der Waals surface area contributed by atoms with Crippen LogP contribution in [0.25, 0.3) is 11.0 Å². The Morgan fingerprint density at radius 2 is 1.62 bits per heavy atom. The normalized spacial score (nSPS) is 18.5. The van der Waals surface area contributed by atoms with Gasteiger partial charge in [-0.1, -0.05) is 68.4 Å². The molecule has 7 aromatic rings. The summed E-state index contributed by atoms with van der Waals surface area (Å²) in [6, 6.07) is 34.7. The van der Waals surface area contributed by atoms with Gasteiger partial charge in [-0.25, -0.2) is 26.9 Å². The minimum absolute atomic E-state index is 0.0144. The maximum absolute atomic E-state index is 16.7. The number of rotatable bonds is 22. The summed E-state index contributed by atoms with van der Waals surface area (Å²) in [5.41, 5.74) is 5.64. The van der Waals surface area contributed by atoms with E-state index in [9.17, 15) is 18.5 Å². The van der Waals surface area contributed by atoms with E-state index in [0.717, 1.165) is 93.5 Å². The molecule has 0 radical (unpaired) electrons. The minimum atomic E-state index is -4.40. The average molecular weight is 1180 g/mol. The zero-order chi connectivity index (χ0) is 59.5. The van der Waals surface area contributed by atoms with Crippen molar-refractivity contribution in [3.8, 4) is 23.0 Å². The van der Waals surface area contributed by atoms with Crippen LogP contribution >= 0.6 is 0 Å². The number of methoxy groups -OCH3 is 2. The van der Waals surface area contributed by atoms with Gasteiger partial charge in [-0.15, -0.1) is 0 Å². The van der Waals surface area contributed by atoms with Crippen LogP contribution in [0.2, 0.25) is 0 Å². The number of piperidine rings is 1. The molecular formula is C65H77F2N9O8S. The molecule has 5 heterocycles. The van der Waals surface area contributed by atoms with Gasteiger partial charge in [-0.2, -0.15) is 0 Å². The summed E-state index contributed by atoms with van der Waals surface area (Å²) in [5.74, 6) is 2.04. The smallest absolute Gasteiger partial charge is 0.293 e. The molecule has 17 nitrogen and oxygen atoms in total. The van der Waals surface area contributed by atoms with Gasteiger partial charge in [-0.05, 0) is 103 Å². The number of piperazine rings is 1. The Balaban J connectivity index is 0.750. The lowest BCUT2D eigenvalue weighted by molar-refractivity contribution is -0.384. The first-order valence-electron chi connectivity index (χ1n) is 29.5. The first kappa shape index (κ1) is 59.5. The second-order valence-electron chi connectivity index (χ2n) is 24.0. The highest BCUT2D eigenvalue weighted by molar-refractivity contribution is 7.89. The van der Waals surface area contributed by atoms with Crippen molar-refractivity contribution in [2.24, 2.45) is 5.41 Å². The van der Waals surface area contributed by atoms with Gasteiger partial charge in [0.1, 0.15) is 45.8 Å². The molecule has 1 saturated carbocycles. The quantitative estimate of drug-likeness (QED) is 0.0431. The van der Waals surface area contributed by atoms with Gasteiger partial charge in [0.05, 0.1) is 35.9 Å². The molecule has 4 aliphatic rings. The zero-order valence-electron chi connectivity index (χ0n) is 49.1. The Labute approximate surface area is 496 Å². The highest BCUT2D eigenvalue weighted by atomic mass is 32.2. The SMILES string of the molecule is COc1ccc(CN(C)Cc2ccc(CN3CCN(C4CC5(CCN(c6cc(Oc7cnc8[nH]ccc8c7)c(CNS(=O)(=O)c7ccc(NCC8(F)CCOCC8)c([N+](=O)[O-])c7)cc6F)CC5)C4)[C@H](c4ccccc4C(C)C)C3)cc2)c(OC)c1. The first-order valence-corrected chi connectivity index (χ1v) is 31.0. The summed E-state index contributed by atoms with van der Waals surface area (Å²) in [7, 11) is 1.08. The van der Waals surface area contributed by atoms with Crippen LogP contribution in [0.5, 0.6) is 23.0 Å². The molecule has 3 N–H and O–H groups in total. The van der Waals surface area contributed by atoms with Gasteiger partial charge < -0.3 is 34.1 Å². The molecule has 3 saturated heterocycles. The molecule has 0 amide bonds. The molecule has 2 aromatic heterocycles. The van der Waals surface area contributed by atoms with Gasteiger partial charge >= 0.3 is 0 Å². The maximum Gasteiger partial charge on any atom is 0.293 e. The van der Waals surface area contributed by atoms with Crippen molar-refractivity contribution in [2.75, 3.05) is 84.0 Å². The zero-order valence-corrected chi connectivity index (χ0v) is 49.9. The van der Waals surface area contributed by atoms with Crippen LogP contribution in [0.4, 0.5) is 25.8 Å². The van der Waals surface area contributed by atoms with E-state index in [2.05, 4.69) is 115 Å². The molecule has 5 aromatic carbocycles. The van der Waals surface area contributed by atoms with E-state index in [1.165, 1.54) is 40.5 Å². The second-order valence-corrected chi connectivity index (χ2v) is 25.7. The lowest BCUT2D eigenvalue weighted by Gasteiger charge is -2.58. The van der Waals surface area contributed by atoms with Crippen molar-refractivity contribution in [1.29, 1.82) is 0 Å². The lowest BCUT2D eigenvalue weighted by atomic mass is 9.59. The number of pyridine rings is 1. The van der Waals surface area contributed by atoms with Crippen molar-refractivity contribution in [2.45, 2.75) is 107 Å². The number of nitrogens with zero attached hydrogens (tertiary/aromatic N) is 6. The molecule has 0 unspecified atom stereocenters. The number of aromatic amines is 1. The number of sulfonamides is 1. The first-order chi connectivity index (χ1) is 41.0. The molecule has 0 bridgehead atoms. The summed E-state index contributed by atoms with van der Waals surface area (Å²) in [5, 5.41) is 15.8. The number of hydrogen-bond acceptors (Lipinski definition) is 14. The Hall–Kier alpha value is -7.20. The molecule has 20 heteroatoms. The third-order valence-electron chi connectivity index (χ3n) is 17.9. The van der Waals surface area contributed by atoms with E-state index in [1.807, 2.05) is 18.2 Å². The average Bonchev–Trinajstić information content (AvgIpc) is 1.65. The van der Waals surface area contributed by atoms with Crippen molar-refractivity contribution < 1.29 is 41.1 Å². The summed E-state index contributed by atoms with van der Waals surface area (Å²) in [4.78, 5) is 28.4. The predicted octanol–water partition coefficient (Wildman–Crippen LogP) is 11.9. The number of anilines is 2. The molecule has 85 heavy (non-hydrogen) atoms. The number of fused-ring (bicyclic) bond motifs is 1. The van der Waals surface area contributed by atoms with Crippen LogP contribution < -0.4 is 29.1 Å².